The second kappa shape index (κ2) is 9.21. The highest BCUT2D eigenvalue weighted by Crippen LogP contribution is 2.24. The molecule has 1 aromatic heterocycles. The van der Waals surface area contributed by atoms with E-state index < -0.39 is 6.04 Å². The van der Waals surface area contributed by atoms with Crippen LogP contribution in [0.5, 0.6) is 0 Å². The van der Waals surface area contributed by atoms with E-state index in [0.717, 1.165) is 17.5 Å². The van der Waals surface area contributed by atoms with Gasteiger partial charge in [0.05, 0.1) is 0 Å². The third-order valence-corrected chi connectivity index (χ3v) is 5.61. The number of rotatable bonds is 5. The Hall–Kier alpha value is -3.68. The Labute approximate surface area is 187 Å². The molecule has 1 N–H and O–H groups in total. The maximum atomic E-state index is 13.1. The maximum absolute atomic E-state index is 13.1. The smallest absolute Gasteiger partial charge is 0.322 e. The quantitative estimate of drug-likeness (QED) is 0.656. The number of carbonyl (C=O) groups excluding carboxylic acids is 2. The maximum Gasteiger partial charge on any atom is 0.322 e. The first-order chi connectivity index (χ1) is 15.4. The lowest BCUT2D eigenvalue weighted by Crippen LogP contribution is -2.47. The predicted molar refractivity (Wildman–Crippen MR) is 121 cm³/mol. The van der Waals surface area contributed by atoms with Crippen molar-refractivity contribution < 1.29 is 14.1 Å². The summed E-state index contributed by atoms with van der Waals surface area (Å²) < 4.78 is 5.03. The van der Waals surface area contributed by atoms with Crippen LogP contribution in [0.15, 0.2) is 53.1 Å². The standard InChI is InChI=1S/C24H27N5O3/c1-16-9-11-18(12-10-16)15-28(3)23(30)21-8-5-13-29(21)24(31)26-20-7-4-6-19(14-20)22-25-17(2)32-27-22/h4,6-7,9-12,14,21H,5,8,13,15H2,1-3H3,(H,26,31)/t21-/m1/s1. The summed E-state index contributed by atoms with van der Waals surface area (Å²) in [5.74, 6) is 0.891. The molecule has 0 bridgehead atoms. The Balaban J connectivity index is 1.42. The van der Waals surface area contributed by atoms with Crippen LogP contribution in [-0.4, -0.2) is 51.5 Å². The van der Waals surface area contributed by atoms with Gasteiger partial charge in [0.25, 0.3) is 0 Å². The number of likely N-dealkylation sites (tertiary alicyclic amines) is 1. The van der Waals surface area contributed by atoms with E-state index in [9.17, 15) is 9.59 Å². The summed E-state index contributed by atoms with van der Waals surface area (Å²) in [7, 11) is 1.78. The Bertz CT molecular complexity index is 1110. The number of carbonyl (C=O) groups is 2. The monoisotopic (exact) mass is 433 g/mol. The van der Waals surface area contributed by atoms with Gasteiger partial charge >= 0.3 is 6.03 Å². The topological polar surface area (TPSA) is 91.6 Å². The van der Waals surface area contributed by atoms with E-state index >= 15 is 0 Å². The van der Waals surface area contributed by atoms with Gasteiger partial charge in [-0.3, -0.25) is 4.79 Å². The molecule has 0 saturated carbocycles. The molecule has 1 saturated heterocycles. The molecule has 0 radical (unpaired) electrons. The normalized spacial score (nSPS) is 15.6. The van der Waals surface area contributed by atoms with E-state index in [1.165, 1.54) is 5.56 Å². The van der Waals surface area contributed by atoms with Crippen molar-refractivity contribution in [3.05, 3.63) is 65.5 Å². The molecular formula is C24H27N5O3. The Kier molecular flexibility index (Phi) is 6.20. The number of benzene rings is 2. The molecule has 4 rings (SSSR count). The molecule has 3 aromatic rings. The van der Waals surface area contributed by atoms with Crippen LogP contribution in [0.4, 0.5) is 10.5 Å². The zero-order valence-electron chi connectivity index (χ0n) is 18.5. The van der Waals surface area contributed by atoms with E-state index in [2.05, 4.69) is 15.5 Å². The lowest BCUT2D eigenvalue weighted by molar-refractivity contribution is -0.134. The fourth-order valence-corrected chi connectivity index (χ4v) is 3.91. The minimum Gasteiger partial charge on any atom is -0.340 e. The van der Waals surface area contributed by atoms with Crippen molar-refractivity contribution in [2.45, 2.75) is 39.3 Å². The molecule has 1 aliphatic heterocycles. The SMILES string of the molecule is Cc1ccc(CN(C)C(=O)[C@H]2CCCN2C(=O)Nc2cccc(-c3noc(C)n3)c2)cc1. The third-order valence-electron chi connectivity index (χ3n) is 5.61. The average molecular weight is 434 g/mol. The molecule has 1 fully saturated rings. The molecule has 8 nitrogen and oxygen atoms in total. The van der Waals surface area contributed by atoms with Gasteiger partial charge in [-0.1, -0.05) is 47.1 Å². The largest absolute Gasteiger partial charge is 0.340 e. The van der Waals surface area contributed by atoms with Crippen molar-refractivity contribution in [3.63, 3.8) is 0 Å². The summed E-state index contributed by atoms with van der Waals surface area (Å²) in [6.07, 6.45) is 1.46. The number of aryl methyl sites for hydroxylation is 2. The van der Waals surface area contributed by atoms with E-state index in [4.69, 9.17) is 4.52 Å². The van der Waals surface area contributed by atoms with Crippen molar-refractivity contribution >= 4 is 17.6 Å². The third kappa shape index (κ3) is 4.80. The first kappa shape index (κ1) is 21.5. The minimum absolute atomic E-state index is 0.0470. The van der Waals surface area contributed by atoms with Gasteiger partial charge in [0.1, 0.15) is 6.04 Å². The summed E-state index contributed by atoms with van der Waals surface area (Å²) in [6, 6.07) is 14.6. The van der Waals surface area contributed by atoms with Gasteiger partial charge < -0.3 is 19.6 Å². The van der Waals surface area contributed by atoms with Gasteiger partial charge in [0.2, 0.25) is 17.6 Å². The van der Waals surface area contributed by atoms with Crippen molar-refractivity contribution in [2.24, 2.45) is 0 Å². The number of anilines is 1. The van der Waals surface area contributed by atoms with Crippen LogP contribution in [-0.2, 0) is 11.3 Å². The number of amides is 3. The fourth-order valence-electron chi connectivity index (χ4n) is 3.91. The number of aromatic nitrogens is 2. The highest BCUT2D eigenvalue weighted by Gasteiger charge is 2.35. The van der Waals surface area contributed by atoms with Crippen LogP contribution in [0.3, 0.4) is 0 Å². The van der Waals surface area contributed by atoms with Crippen molar-refractivity contribution in [1.82, 2.24) is 19.9 Å². The molecule has 1 aliphatic rings. The molecule has 0 spiro atoms. The lowest BCUT2D eigenvalue weighted by atomic mass is 10.1. The summed E-state index contributed by atoms with van der Waals surface area (Å²) >= 11 is 0. The molecule has 1 atom stereocenters. The van der Waals surface area contributed by atoms with Gasteiger partial charge in [-0.15, -0.1) is 0 Å². The van der Waals surface area contributed by atoms with Gasteiger partial charge in [0.15, 0.2) is 0 Å². The van der Waals surface area contributed by atoms with Crippen LogP contribution in [0.2, 0.25) is 0 Å². The summed E-state index contributed by atoms with van der Waals surface area (Å²) in [6.45, 7) is 4.82. The molecule has 32 heavy (non-hydrogen) atoms. The molecule has 8 heteroatoms. The van der Waals surface area contributed by atoms with Gasteiger partial charge in [0, 0.05) is 38.3 Å². The van der Waals surface area contributed by atoms with E-state index in [1.807, 2.05) is 43.3 Å². The Morgan fingerprint density at radius 2 is 1.97 bits per heavy atom. The number of hydrogen-bond acceptors (Lipinski definition) is 5. The molecule has 2 heterocycles. The second-order valence-corrected chi connectivity index (χ2v) is 8.18. The van der Waals surface area contributed by atoms with Crippen LogP contribution < -0.4 is 5.32 Å². The number of hydrogen-bond donors (Lipinski definition) is 1. The van der Waals surface area contributed by atoms with E-state index in [0.29, 0.717) is 36.9 Å². The van der Waals surface area contributed by atoms with Crippen molar-refractivity contribution in [3.8, 4) is 11.4 Å². The number of urea groups is 1. The van der Waals surface area contributed by atoms with Crippen LogP contribution in [0.1, 0.15) is 29.9 Å². The van der Waals surface area contributed by atoms with Crippen molar-refractivity contribution in [2.75, 3.05) is 18.9 Å². The van der Waals surface area contributed by atoms with Crippen LogP contribution in [0, 0.1) is 13.8 Å². The molecule has 166 valence electrons. The van der Waals surface area contributed by atoms with Gasteiger partial charge in [-0.25, -0.2) is 4.79 Å². The second-order valence-electron chi connectivity index (χ2n) is 8.18. The van der Waals surface area contributed by atoms with Crippen LogP contribution >= 0.6 is 0 Å². The van der Waals surface area contributed by atoms with E-state index in [1.54, 1.807) is 35.9 Å². The molecular weight excluding hydrogens is 406 g/mol. The zero-order chi connectivity index (χ0) is 22.7. The summed E-state index contributed by atoms with van der Waals surface area (Å²) in [5.41, 5.74) is 3.60. The highest BCUT2D eigenvalue weighted by atomic mass is 16.5. The first-order valence-corrected chi connectivity index (χ1v) is 10.7. The zero-order valence-corrected chi connectivity index (χ0v) is 18.5. The van der Waals surface area contributed by atoms with Crippen LogP contribution in [0.25, 0.3) is 11.4 Å². The summed E-state index contributed by atoms with van der Waals surface area (Å²) in [4.78, 5) is 33.6. The average Bonchev–Trinajstić information content (AvgIpc) is 3.44. The molecule has 3 amide bonds. The van der Waals surface area contributed by atoms with Gasteiger partial charge in [-0.2, -0.15) is 4.98 Å². The Morgan fingerprint density at radius 1 is 1.19 bits per heavy atom. The number of likely N-dealkylation sites (N-methyl/N-ethyl adjacent to an activating group) is 1. The Morgan fingerprint density at radius 3 is 2.69 bits per heavy atom. The fraction of sp³-hybridized carbons (Fsp3) is 0.333. The molecule has 2 aromatic carbocycles. The molecule has 0 unspecified atom stereocenters. The number of nitrogens with zero attached hydrogens (tertiary/aromatic N) is 4. The highest BCUT2D eigenvalue weighted by molar-refractivity contribution is 5.94. The first-order valence-electron chi connectivity index (χ1n) is 10.7. The lowest BCUT2D eigenvalue weighted by Gasteiger charge is -2.28. The predicted octanol–water partition coefficient (Wildman–Crippen LogP) is 4.01. The van der Waals surface area contributed by atoms with Gasteiger partial charge in [-0.05, 0) is 37.5 Å². The van der Waals surface area contributed by atoms with Crippen molar-refractivity contribution in [1.29, 1.82) is 0 Å². The molecule has 0 aliphatic carbocycles. The number of nitrogens with one attached hydrogen (secondary N) is 1. The summed E-state index contributed by atoms with van der Waals surface area (Å²) in [5, 5.41) is 6.83. The van der Waals surface area contributed by atoms with E-state index in [-0.39, 0.29) is 11.9 Å². The minimum atomic E-state index is -0.464.